The van der Waals surface area contributed by atoms with Gasteiger partial charge in [-0.15, -0.1) is 0 Å². The minimum atomic E-state index is 0.614. The second kappa shape index (κ2) is 3.90. The molecule has 0 amide bonds. The van der Waals surface area contributed by atoms with Gasteiger partial charge < -0.3 is 4.74 Å². The van der Waals surface area contributed by atoms with E-state index in [2.05, 4.69) is 4.98 Å². The van der Waals surface area contributed by atoms with Crippen molar-refractivity contribution in [2.24, 2.45) is 0 Å². The van der Waals surface area contributed by atoms with Gasteiger partial charge in [-0.25, -0.2) is 4.98 Å². The van der Waals surface area contributed by atoms with Crippen LogP contribution in [0.3, 0.4) is 0 Å². The molecule has 0 aliphatic rings. The van der Waals surface area contributed by atoms with Crippen molar-refractivity contribution >= 4 is 33.4 Å². The smallest absolute Gasteiger partial charge is 0.138 e. The molecule has 0 atom stereocenters. The average molecular weight is 244 g/mol. The number of benzene rings is 2. The van der Waals surface area contributed by atoms with Crippen LogP contribution in [-0.2, 0) is 0 Å². The summed E-state index contributed by atoms with van der Waals surface area (Å²) in [4.78, 5) is 4.57. The maximum Gasteiger partial charge on any atom is 0.138 e. The van der Waals surface area contributed by atoms with Crippen LogP contribution in [0.4, 0.5) is 0 Å². The number of fused-ring (bicyclic) bond motifs is 2. The number of nitrogens with zero attached hydrogens (tertiary/aromatic N) is 1. The second-order valence-corrected chi connectivity index (χ2v) is 4.21. The third kappa shape index (κ3) is 1.61. The highest BCUT2D eigenvalue weighted by atomic mass is 35.5. The van der Waals surface area contributed by atoms with Gasteiger partial charge in [0.25, 0.3) is 0 Å². The summed E-state index contributed by atoms with van der Waals surface area (Å²) in [6, 6.07) is 13.8. The van der Waals surface area contributed by atoms with Crippen molar-refractivity contribution < 1.29 is 4.74 Å². The standard InChI is InChI=1S/C14H10ClNO/c1-17-13-7-6-12-10(14(13)15)8-9-4-2-3-5-11(9)16-12/h2-8H,1H3. The normalized spacial score (nSPS) is 10.9. The van der Waals surface area contributed by atoms with E-state index in [0.717, 1.165) is 21.8 Å². The molecule has 0 radical (unpaired) electrons. The van der Waals surface area contributed by atoms with Gasteiger partial charge in [0.1, 0.15) is 5.75 Å². The van der Waals surface area contributed by atoms with Crippen LogP contribution in [0.25, 0.3) is 21.8 Å². The topological polar surface area (TPSA) is 22.1 Å². The van der Waals surface area contributed by atoms with E-state index >= 15 is 0 Å². The molecule has 1 aromatic heterocycles. The third-order valence-electron chi connectivity index (χ3n) is 2.82. The molecule has 0 aliphatic heterocycles. The van der Waals surface area contributed by atoms with Gasteiger partial charge in [-0.3, -0.25) is 0 Å². The zero-order valence-electron chi connectivity index (χ0n) is 9.27. The zero-order valence-corrected chi connectivity index (χ0v) is 10.0. The lowest BCUT2D eigenvalue weighted by Crippen LogP contribution is -1.87. The van der Waals surface area contributed by atoms with E-state index in [1.165, 1.54) is 0 Å². The van der Waals surface area contributed by atoms with Crippen molar-refractivity contribution in [2.75, 3.05) is 7.11 Å². The number of rotatable bonds is 1. The molecular formula is C14H10ClNO. The molecule has 1 heterocycles. The van der Waals surface area contributed by atoms with Gasteiger partial charge in [0.2, 0.25) is 0 Å². The summed E-state index contributed by atoms with van der Waals surface area (Å²) in [6.45, 7) is 0. The average Bonchev–Trinajstić information content (AvgIpc) is 2.37. The minimum Gasteiger partial charge on any atom is -0.495 e. The Balaban J connectivity index is 2.44. The Morgan fingerprint density at radius 3 is 2.71 bits per heavy atom. The van der Waals surface area contributed by atoms with E-state index in [4.69, 9.17) is 16.3 Å². The SMILES string of the molecule is COc1ccc2nc3ccccc3cc2c1Cl. The number of aromatic nitrogens is 1. The number of hydrogen-bond donors (Lipinski definition) is 0. The summed E-state index contributed by atoms with van der Waals surface area (Å²) in [5.41, 5.74) is 1.86. The Morgan fingerprint density at radius 2 is 1.88 bits per heavy atom. The number of pyridine rings is 1. The van der Waals surface area contributed by atoms with Crippen LogP contribution in [0.15, 0.2) is 42.5 Å². The fraction of sp³-hybridized carbons (Fsp3) is 0.0714. The molecule has 0 N–H and O–H groups in total. The fourth-order valence-electron chi connectivity index (χ4n) is 1.95. The quantitative estimate of drug-likeness (QED) is 0.602. The van der Waals surface area contributed by atoms with Gasteiger partial charge in [0.05, 0.1) is 23.2 Å². The van der Waals surface area contributed by atoms with Crippen LogP contribution in [0.2, 0.25) is 5.02 Å². The van der Waals surface area contributed by atoms with Crippen molar-refractivity contribution in [2.45, 2.75) is 0 Å². The van der Waals surface area contributed by atoms with Crippen LogP contribution in [-0.4, -0.2) is 12.1 Å². The molecule has 0 spiro atoms. The second-order valence-electron chi connectivity index (χ2n) is 3.83. The van der Waals surface area contributed by atoms with Gasteiger partial charge in [-0.1, -0.05) is 29.8 Å². The fourth-order valence-corrected chi connectivity index (χ4v) is 2.24. The van der Waals surface area contributed by atoms with Gasteiger partial charge in [-0.2, -0.15) is 0 Å². The highest BCUT2D eigenvalue weighted by Crippen LogP contribution is 2.33. The zero-order chi connectivity index (χ0) is 11.8. The maximum absolute atomic E-state index is 6.28. The molecule has 0 aliphatic carbocycles. The predicted molar refractivity (Wildman–Crippen MR) is 70.8 cm³/mol. The molecule has 0 bridgehead atoms. The van der Waals surface area contributed by atoms with E-state index in [0.29, 0.717) is 10.8 Å². The number of ether oxygens (including phenoxy) is 1. The van der Waals surface area contributed by atoms with Gasteiger partial charge in [0.15, 0.2) is 0 Å². The van der Waals surface area contributed by atoms with Crippen LogP contribution in [0.1, 0.15) is 0 Å². The van der Waals surface area contributed by atoms with Crippen LogP contribution < -0.4 is 4.74 Å². The molecule has 2 nitrogen and oxygen atoms in total. The monoisotopic (exact) mass is 243 g/mol. The molecular weight excluding hydrogens is 234 g/mol. The first kappa shape index (κ1) is 10.4. The molecule has 0 saturated carbocycles. The molecule has 0 fully saturated rings. The summed E-state index contributed by atoms with van der Waals surface area (Å²) in [6.07, 6.45) is 0. The highest BCUT2D eigenvalue weighted by molar-refractivity contribution is 6.37. The third-order valence-corrected chi connectivity index (χ3v) is 3.21. The number of halogens is 1. The number of para-hydroxylation sites is 1. The lowest BCUT2D eigenvalue weighted by molar-refractivity contribution is 0.415. The van der Waals surface area contributed by atoms with E-state index in [9.17, 15) is 0 Å². The lowest BCUT2D eigenvalue weighted by atomic mass is 10.1. The summed E-state index contributed by atoms with van der Waals surface area (Å²) in [5, 5.41) is 2.61. The van der Waals surface area contributed by atoms with Crippen LogP contribution in [0.5, 0.6) is 5.75 Å². The molecule has 3 heteroatoms. The molecule has 3 aromatic rings. The molecule has 0 saturated heterocycles. The van der Waals surface area contributed by atoms with Gasteiger partial charge >= 0.3 is 0 Å². The molecule has 84 valence electrons. The highest BCUT2D eigenvalue weighted by Gasteiger charge is 2.07. The van der Waals surface area contributed by atoms with Crippen molar-refractivity contribution in [1.29, 1.82) is 0 Å². The largest absolute Gasteiger partial charge is 0.495 e. The Morgan fingerprint density at radius 1 is 1.06 bits per heavy atom. The van der Waals surface area contributed by atoms with Gasteiger partial charge in [-0.05, 0) is 24.3 Å². The Bertz CT molecular complexity index is 709. The maximum atomic E-state index is 6.28. The van der Waals surface area contributed by atoms with Crippen molar-refractivity contribution in [3.05, 3.63) is 47.5 Å². The Hall–Kier alpha value is -1.80. The van der Waals surface area contributed by atoms with Crippen molar-refractivity contribution in [3.63, 3.8) is 0 Å². The summed E-state index contributed by atoms with van der Waals surface area (Å²) >= 11 is 6.28. The summed E-state index contributed by atoms with van der Waals surface area (Å²) < 4.78 is 5.21. The van der Waals surface area contributed by atoms with E-state index in [1.54, 1.807) is 7.11 Å². The van der Waals surface area contributed by atoms with E-state index in [-0.39, 0.29) is 0 Å². The minimum absolute atomic E-state index is 0.614. The summed E-state index contributed by atoms with van der Waals surface area (Å²) in [5.74, 6) is 0.677. The van der Waals surface area contributed by atoms with E-state index in [1.807, 2.05) is 42.5 Å². The first-order valence-electron chi connectivity index (χ1n) is 5.31. The van der Waals surface area contributed by atoms with Crippen LogP contribution >= 0.6 is 11.6 Å². The number of methoxy groups -OCH3 is 1. The lowest BCUT2D eigenvalue weighted by Gasteiger charge is -2.07. The predicted octanol–water partition coefficient (Wildman–Crippen LogP) is 4.05. The first-order chi connectivity index (χ1) is 8.29. The van der Waals surface area contributed by atoms with E-state index < -0.39 is 0 Å². The van der Waals surface area contributed by atoms with Crippen molar-refractivity contribution in [3.8, 4) is 5.75 Å². The Labute approximate surface area is 104 Å². The summed E-state index contributed by atoms with van der Waals surface area (Å²) in [7, 11) is 1.61. The molecule has 17 heavy (non-hydrogen) atoms. The Kier molecular flexibility index (Phi) is 2.37. The first-order valence-corrected chi connectivity index (χ1v) is 5.69. The number of hydrogen-bond acceptors (Lipinski definition) is 2. The molecule has 2 aromatic carbocycles. The molecule has 3 rings (SSSR count). The molecule has 0 unspecified atom stereocenters. The van der Waals surface area contributed by atoms with Gasteiger partial charge in [0, 0.05) is 10.8 Å². The van der Waals surface area contributed by atoms with Crippen LogP contribution in [0, 0.1) is 0 Å². The van der Waals surface area contributed by atoms with Crippen molar-refractivity contribution in [1.82, 2.24) is 4.98 Å².